The molecule has 0 aliphatic rings. The van der Waals surface area contributed by atoms with Crippen LogP contribution >= 0.6 is 0 Å². The lowest BCUT2D eigenvalue weighted by Crippen LogP contribution is -2.28. The van der Waals surface area contributed by atoms with Crippen LogP contribution in [0.15, 0.2) is 36.4 Å². The van der Waals surface area contributed by atoms with Gasteiger partial charge in [0.2, 0.25) is 0 Å². The fraction of sp³-hybridized carbons (Fsp3) is 0.545. The summed E-state index contributed by atoms with van der Waals surface area (Å²) in [6.07, 6.45) is 5.03. The molecule has 0 fully saturated rings. The Hall–Kier alpha value is -1.75. The van der Waals surface area contributed by atoms with Gasteiger partial charge in [-0.05, 0) is 29.5 Å². The summed E-state index contributed by atoms with van der Waals surface area (Å²) >= 11 is 0. The highest BCUT2D eigenvalue weighted by atomic mass is 19.4. The summed E-state index contributed by atoms with van der Waals surface area (Å²) in [5, 5.41) is 1.52. The minimum absolute atomic E-state index is 0.0344. The summed E-state index contributed by atoms with van der Waals surface area (Å²) in [6.45, 7) is 2.71. The summed E-state index contributed by atoms with van der Waals surface area (Å²) in [5.41, 5.74) is 5.43. The van der Waals surface area contributed by atoms with Gasteiger partial charge in [0.25, 0.3) is 0 Å². The smallest absolute Gasteiger partial charge is 0.407 e. The van der Waals surface area contributed by atoms with Gasteiger partial charge < -0.3 is 10.5 Å². The molecular formula is C22H30F3NO. The van der Waals surface area contributed by atoms with Crippen molar-refractivity contribution >= 4 is 10.8 Å². The van der Waals surface area contributed by atoms with E-state index in [4.69, 9.17) is 10.5 Å². The molecule has 2 aromatic carbocycles. The van der Waals surface area contributed by atoms with E-state index in [2.05, 4.69) is 6.92 Å². The van der Waals surface area contributed by atoms with Gasteiger partial charge in [0.05, 0.1) is 6.61 Å². The molecule has 2 aromatic rings. The predicted molar refractivity (Wildman–Crippen MR) is 105 cm³/mol. The van der Waals surface area contributed by atoms with Gasteiger partial charge in [0.1, 0.15) is 11.8 Å². The van der Waals surface area contributed by atoms with Crippen molar-refractivity contribution in [1.82, 2.24) is 0 Å². The van der Waals surface area contributed by atoms with Crippen LogP contribution in [0.3, 0.4) is 0 Å². The fourth-order valence-electron chi connectivity index (χ4n) is 3.20. The van der Waals surface area contributed by atoms with Crippen LogP contribution in [0.2, 0.25) is 0 Å². The summed E-state index contributed by atoms with van der Waals surface area (Å²) in [5.74, 6) is 0.478. The van der Waals surface area contributed by atoms with Crippen LogP contribution < -0.4 is 10.5 Å². The number of hydrogen-bond donors (Lipinski definition) is 1. The van der Waals surface area contributed by atoms with Crippen LogP contribution in [0.25, 0.3) is 10.8 Å². The molecule has 0 aliphatic heterocycles. The van der Waals surface area contributed by atoms with Gasteiger partial charge in [-0.25, -0.2) is 0 Å². The standard InChI is InChI=1S/C22H30F3NO/c1-2-3-4-5-6-7-8-11-14-27-20-16-18(21(26)22(23,24)25)15-17-12-9-10-13-19(17)20/h9-10,12-13,15-16,21H,2-8,11,14,26H2,1H3/t21-/m0/s1. The Bertz CT molecular complexity index is 700. The average molecular weight is 381 g/mol. The number of hydrogen-bond acceptors (Lipinski definition) is 2. The summed E-state index contributed by atoms with van der Waals surface area (Å²) in [6, 6.07) is 8.23. The zero-order valence-corrected chi connectivity index (χ0v) is 16.0. The van der Waals surface area contributed by atoms with E-state index in [1.54, 1.807) is 12.1 Å². The first-order valence-electron chi connectivity index (χ1n) is 9.91. The van der Waals surface area contributed by atoms with E-state index in [0.29, 0.717) is 17.7 Å². The van der Waals surface area contributed by atoms with Gasteiger partial charge in [-0.1, -0.05) is 76.1 Å². The second kappa shape index (κ2) is 10.5. The molecule has 0 heterocycles. The molecule has 0 unspecified atom stereocenters. The molecule has 0 saturated carbocycles. The molecule has 27 heavy (non-hydrogen) atoms. The molecule has 2 N–H and O–H groups in total. The van der Waals surface area contributed by atoms with Crippen molar-refractivity contribution in [1.29, 1.82) is 0 Å². The maximum Gasteiger partial charge on any atom is 0.407 e. The molecule has 2 nitrogen and oxygen atoms in total. The molecule has 0 saturated heterocycles. The minimum Gasteiger partial charge on any atom is -0.493 e. The zero-order chi connectivity index (χ0) is 19.7. The van der Waals surface area contributed by atoms with Crippen molar-refractivity contribution in [2.75, 3.05) is 6.61 Å². The van der Waals surface area contributed by atoms with E-state index >= 15 is 0 Å². The maximum absolute atomic E-state index is 13.0. The molecule has 5 heteroatoms. The minimum atomic E-state index is -4.47. The predicted octanol–water partition coefficient (Wildman–Crippen LogP) is 6.92. The van der Waals surface area contributed by atoms with E-state index in [9.17, 15) is 13.2 Å². The summed E-state index contributed by atoms with van der Waals surface area (Å²) in [7, 11) is 0. The first-order valence-corrected chi connectivity index (χ1v) is 9.91. The number of rotatable bonds is 11. The first kappa shape index (κ1) is 21.5. The van der Waals surface area contributed by atoms with E-state index < -0.39 is 12.2 Å². The van der Waals surface area contributed by atoms with E-state index in [1.807, 2.05) is 12.1 Å². The van der Waals surface area contributed by atoms with Crippen LogP contribution in [0.5, 0.6) is 5.75 Å². The Morgan fingerprint density at radius 2 is 1.56 bits per heavy atom. The second-order valence-electron chi connectivity index (χ2n) is 7.08. The highest BCUT2D eigenvalue weighted by Crippen LogP contribution is 2.36. The molecule has 0 aromatic heterocycles. The lowest BCUT2D eigenvalue weighted by Gasteiger charge is -2.18. The topological polar surface area (TPSA) is 35.2 Å². The van der Waals surface area contributed by atoms with E-state index in [1.165, 1.54) is 50.7 Å². The Morgan fingerprint density at radius 3 is 2.22 bits per heavy atom. The molecule has 0 bridgehead atoms. The van der Waals surface area contributed by atoms with Gasteiger partial charge in [-0.15, -0.1) is 0 Å². The second-order valence-corrected chi connectivity index (χ2v) is 7.08. The van der Waals surface area contributed by atoms with Crippen LogP contribution in [-0.2, 0) is 0 Å². The van der Waals surface area contributed by atoms with Crippen molar-refractivity contribution in [3.05, 3.63) is 42.0 Å². The number of ether oxygens (including phenoxy) is 1. The average Bonchev–Trinajstić information content (AvgIpc) is 2.65. The molecule has 0 radical (unpaired) electrons. The number of alkyl halides is 3. The van der Waals surface area contributed by atoms with Gasteiger partial charge in [-0.3, -0.25) is 0 Å². The molecular weight excluding hydrogens is 351 g/mol. The summed E-state index contributed by atoms with van der Waals surface area (Å²) in [4.78, 5) is 0. The molecule has 2 rings (SSSR count). The van der Waals surface area contributed by atoms with Crippen molar-refractivity contribution in [2.45, 2.75) is 70.5 Å². The normalized spacial score (nSPS) is 13.1. The number of benzene rings is 2. The Morgan fingerprint density at radius 1 is 0.926 bits per heavy atom. The highest BCUT2D eigenvalue weighted by Gasteiger charge is 2.38. The van der Waals surface area contributed by atoms with Gasteiger partial charge in [0.15, 0.2) is 0 Å². The largest absolute Gasteiger partial charge is 0.493 e. The van der Waals surface area contributed by atoms with Gasteiger partial charge in [-0.2, -0.15) is 13.2 Å². The number of unbranched alkanes of at least 4 members (excludes halogenated alkanes) is 7. The van der Waals surface area contributed by atoms with Crippen LogP contribution in [0.4, 0.5) is 13.2 Å². The third-order valence-electron chi connectivity index (χ3n) is 4.81. The molecule has 0 spiro atoms. The SMILES string of the molecule is CCCCCCCCCCOc1cc([C@H](N)C(F)(F)F)cc2ccccc12. The van der Waals surface area contributed by atoms with Gasteiger partial charge in [0, 0.05) is 5.39 Å². The van der Waals surface area contributed by atoms with Crippen molar-refractivity contribution < 1.29 is 17.9 Å². The monoisotopic (exact) mass is 381 g/mol. The molecule has 0 amide bonds. The highest BCUT2D eigenvalue weighted by molar-refractivity contribution is 5.89. The maximum atomic E-state index is 13.0. The van der Waals surface area contributed by atoms with Crippen LogP contribution in [-0.4, -0.2) is 12.8 Å². The summed E-state index contributed by atoms with van der Waals surface area (Å²) < 4.78 is 44.9. The van der Waals surface area contributed by atoms with Crippen LogP contribution in [0.1, 0.15) is 69.9 Å². The fourth-order valence-corrected chi connectivity index (χ4v) is 3.20. The van der Waals surface area contributed by atoms with Crippen molar-refractivity contribution in [3.8, 4) is 5.75 Å². The molecule has 0 aliphatic carbocycles. The Labute approximate surface area is 159 Å². The van der Waals surface area contributed by atoms with E-state index in [0.717, 1.165) is 18.2 Å². The third kappa shape index (κ3) is 6.73. The lowest BCUT2D eigenvalue weighted by atomic mass is 10.0. The van der Waals surface area contributed by atoms with Crippen molar-refractivity contribution in [3.63, 3.8) is 0 Å². The molecule has 1 atom stereocenters. The first-order chi connectivity index (χ1) is 12.9. The number of nitrogens with two attached hydrogens (primary N) is 1. The number of halogens is 3. The van der Waals surface area contributed by atoms with Crippen molar-refractivity contribution in [2.24, 2.45) is 5.73 Å². The third-order valence-corrected chi connectivity index (χ3v) is 4.81. The van der Waals surface area contributed by atoms with E-state index in [-0.39, 0.29) is 5.56 Å². The van der Waals surface area contributed by atoms with Crippen LogP contribution in [0, 0.1) is 0 Å². The Balaban J connectivity index is 1.94. The van der Waals surface area contributed by atoms with Gasteiger partial charge >= 0.3 is 6.18 Å². The zero-order valence-electron chi connectivity index (χ0n) is 16.0. The molecule has 150 valence electrons. The lowest BCUT2D eigenvalue weighted by molar-refractivity contribution is -0.149. The quantitative estimate of drug-likeness (QED) is 0.429. The number of fused-ring (bicyclic) bond motifs is 1. The Kier molecular flexibility index (Phi) is 8.42.